The van der Waals surface area contributed by atoms with E-state index >= 15 is 0 Å². The van der Waals surface area contributed by atoms with Crippen LogP contribution in [0.1, 0.15) is 42.6 Å². The van der Waals surface area contributed by atoms with Crippen molar-refractivity contribution in [1.82, 2.24) is 19.9 Å². The van der Waals surface area contributed by atoms with Gasteiger partial charge in [0.05, 0.1) is 12.7 Å². The normalized spacial score (nSPS) is 16.9. The summed E-state index contributed by atoms with van der Waals surface area (Å²) in [5.74, 6) is -0.203. The molecule has 0 aromatic carbocycles. The molecular weight excluding hydrogens is 244 g/mol. The highest BCUT2D eigenvalue weighted by Gasteiger charge is 2.15. The first-order chi connectivity index (χ1) is 9.15. The molecule has 1 aliphatic rings. The van der Waals surface area contributed by atoms with E-state index < -0.39 is 5.97 Å². The molecule has 6 nitrogen and oxygen atoms in total. The number of carbonyl (C=O) groups is 1. The second-order valence-corrected chi connectivity index (χ2v) is 5.44. The molecule has 2 rings (SSSR count). The molecule has 1 aromatic rings. The van der Waals surface area contributed by atoms with Gasteiger partial charge in [0, 0.05) is 13.1 Å². The lowest BCUT2D eigenvalue weighted by Gasteiger charge is -2.26. The molecule has 1 heterocycles. The number of hydrogen-bond donors (Lipinski definition) is 1. The van der Waals surface area contributed by atoms with Gasteiger partial charge >= 0.3 is 5.97 Å². The summed E-state index contributed by atoms with van der Waals surface area (Å²) in [6.45, 7) is 2.68. The average Bonchev–Trinajstić information content (AvgIpc) is 2.86. The van der Waals surface area contributed by atoms with Gasteiger partial charge in [-0.05, 0) is 25.8 Å². The van der Waals surface area contributed by atoms with Crippen LogP contribution < -0.4 is 0 Å². The average molecular weight is 266 g/mol. The summed E-state index contributed by atoms with van der Waals surface area (Å²) >= 11 is 0. The molecule has 1 aliphatic carbocycles. The summed E-state index contributed by atoms with van der Waals surface area (Å²) in [5, 5.41) is 16.2. The summed E-state index contributed by atoms with van der Waals surface area (Å²) < 4.78 is 1.60. The Kier molecular flexibility index (Phi) is 4.90. The van der Waals surface area contributed by atoms with Crippen LogP contribution in [0.4, 0.5) is 0 Å². The van der Waals surface area contributed by atoms with E-state index in [0.717, 1.165) is 19.0 Å². The first kappa shape index (κ1) is 14.0. The lowest BCUT2D eigenvalue weighted by atomic mass is 9.89. The maximum absolute atomic E-state index is 10.7. The largest absolute Gasteiger partial charge is 0.476 e. The molecule has 0 amide bonds. The molecule has 0 atom stereocenters. The molecule has 0 bridgehead atoms. The van der Waals surface area contributed by atoms with E-state index in [0.29, 0.717) is 6.54 Å². The number of carboxylic acids is 1. The van der Waals surface area contributed by atoms with Gasteiger partial charge in [0.25, 0.3) is 0 Å². The Hall–Kier alpha value is -1.43. The molecule has 6 heteroatoms. The highest BCUT2D eigenvalue weighted by atomic mass is 16.4. The maximum Gasteiger partial charge on any atom is 0.358 e. The summed E-state index contributed by atoms with van der Waals surface area (Å²) in [5.41, 5.74) is 0.00920. The Balaban J connectivity index is 1.72. The zero-order chi connectivity index (χ0) is 13.7. The molecule has 0 aliphatic heterocycles. The van der Waals surface area contributed by atoms with Crippen molar-refractivity contribution in [3.8, 4) is 0 Å². The predicted molar refractivity (Wildman–Crippen MR) is 71.1 cm³/mol. The van der Waals surface area contributed by atoms with Crippen molar-refractivity contribution in [2.75, 3.05) is 20.1 Å². The van der Waals surface area contributed by atoms with E-state index in [4.69, 9.17) is 5.11 Å². The highest BCUT2D eigenvalue weighted by Crippen LogP contribution is 2.23. The van der Waals surface area contributed by atoms with Crippen LogP contribution in [0.2, 0.25) is 0 Å². The minimum Gasteiger partial charge on any atom is -0.476 e. The van der Waals surface area contributed by atoms with Crippen LogP contribution in [0.15, 0.2) is 6.20 Å². The van der Waals surface area contributed by atoms with Gasteiger partial charge in [0.1, 0.15) is 0 Å². The van der Waals surface area contributed by atoms with Gasteiger partial charge < -0.3 is 10.0 Å². The second-order valence-electron chi connectivity index (χ2n) is 5.44. The fourth-order valence-electron chi connectivity index (χ4n) is 2.68. The fraction of sp³-hybridized carbons (Fsp3) is 0.769. The van der Waals surface area contributed by atoms with Crippen molar-refractivity contribution < 1.29 is 9.90 Å². The minimum atomic E-state index is -1.03. The van der Waals surface area contributed by atoms with E-state index in [-0.39, 0.29) is 5.69 Å². The molecule has 1 fully saturated rings. The molecule has 0 spiro atoms. The molecule has 106 valence electrons. The Morgan fingerprint density at radius 2 is 2.21 bits per heavy atom. The van der Waals surface area contributed by atoms with E-state index in [2.05, 4.69) is 22.3 Å². The Bertz CT molecular complexity index is 413. The number of rotatable bonds is 6. The van der Waals surface area contributed by atoms with Crippen LogP contribution in [0, 0.1) is 5.92 Å². The van der Waals surface area contributed by atoms with Gasteiger partial charge in [-0.15, -0.1) is 5.10 Å². The minimum absolute atomic E-state index is 0.00920. The topological polar surface area (TPSA) is 71.2 Å². The van der Waals surface area contributed by atoms with Crippen molar-refractivity contribution in [2.24, 2.45) is 5.92 Å². The third kappa shape index (κ3) is 4.31. The van der Waals surface area contributed by atoms with E-state index in [1.807, 2.05) is 0 Å². The number of carboxylic acid groups (broad SMARTS) is 1. The molecular formula is C13H22N4O2. The molecule has 0 unspecified atom stereocenters. The standard InChI is InChI=1S/C13H22N4O2/c1-16(9-11-5-3-2-4-6-11)7-8-17-10-12(13(18)19)14-15-17/h10-11H,2-9H2,1H3,(H,18,19). The summed E-state index contributed by atoms with van der Waals surface area (Å²) in [4.78, 5) is 13.0. The van der Waals surface area contributed by atoms with Gasteiger partial charge in [-0.2, -0.15) is 0 Å². The second kappa shape index (κ2) is 6.65. The number of hydrogen-bond acceptors (Lipinski definition) is 4. The van der Waals surface area contributed by atoms with Crippen molar-refractivity contribution in [1.29, 1.82) is 0 Å². The van der Waals surface area contributed by atoms with Crippen molar-refractivity contribution in [2.45, 2.75) is 38.6 Å². The molecule has 1 saturated carbocycles. The SMILES string of the molecule is CN(CCn1cc(C(=O)O)nn1)CC1CCCCC1. The van der Waals surface area contributed by atoms with Crippen LogP contribution in [-0.2, 0) is 6.54 Å². The van der Waals surface area contributed by atoms with Crippen LogP contribution >= 0.6 is 0 Å². The monoisotopic (exact) mass is 266 g/mol. The quantitative estimate of drug-likeness (QED) is 0.844. The number of nitrogens with zero attached hydrogens (tertiary/aromatic N) is 4. The summed E-state index contributed by atoms with van der Waals surface area (Å²) in [7, 11) is 2.11. The zero-order valence-electron chi connectivity index (χ0n) is 11.5. The van der Waals surface area contributed by atoms with Crippen LogP contribution in [0.5, 0.6) is 0 Å². The van der Waals surface area contributed by atoms with Gasteiger partial charge in [-0.1, -0.05) is 24.5 Å². The van der Waals surface area contributed by atoms with Gasteiger partial charge in [-0.3, -0.25) is 4.68 Å². The number of likely N-dealkylation sites (N-methyl/N-ethyl adjacent to an activating group) is 1. The maximum atomic E-state index is 10.7. The summed E-state index contributed by atoms with van der Waals surface area (Å²) in [6.07, 6.45) is 8.29. The highest BCUT2D eigenvalue weighted by molar-refractivity contribution is 5.84. The van der Waals surface area contributed by atoms with E-state index in [9.17, 15) is 4.79 Å². The third-order valence-electron chi connectivity index (χ3n) is 3.76. The molecule has 1 aromatic heterocycles. The number of aromatic nitrogens is 3. The van der Waals surface area contributed by atoms with Gasteiger partial charge in [-0.25, -0.2) is 4.79 Å². The predicted octanol–water partition coefficient (Wildman–Crippen LogP) is 1.49. The lowest BCUT2D eigenvalue weighted by molar-refractivity contribution is 0.0690. The molecule has 0 saturated heterocycles. The zero-order valence-corrected chi connectivity index (χ0v) is 11.5. The van der Waals surface area contributed by atoms with Crippen LogP contribution in [-0.4, -0.2) is 51.1 Å². The molecule has 0 radical (unpaired) electrons. The Labute approximate surface area is 113 Å². The van der Waals surface area contributed by atoms with Crippen molar-refractivity contribution >= 4 is 5.97 Å². The van der Waals surface area contributed by atoms with Gasteiger partial charge in [0.15, 0.2) is 5.69 Å². The van der Waals surface area contributed by atoms with Crippen molar-refractivity contribution in [3.63, 3.8) is 0 Å². The van der Waals surface area contributed by atoms with Crippen LogP contribution in [0.25, 0.3) is 0 Å². The summed E-state index contributed by atoms with van der Waals surface area (Å²) in [6, 6.07) is 0. The lowest BCUT2D eigenvalue weighted by Crippen LogP contribution is -2.30. The molecule has 19 heavy (non-hydrogen) atoms. The Morgan fingerprint density at radius 1 is 1.47 bits per heavy atom. The van der Waals surface area contributed by atoms with E-state index in [1.54, 1.807) is 4.68 Å². The van der Waals surface area contributed by atoms with Crippen molar-refractivity contribution in [3.05, 3.63) is 11.9 Å². The third-order valence-corrected chi connectivity index (χ3v) is 3.76. The first-order valence-corrected chi connectivity index (χ1v) is 6.97. The first-order valence-electron chi connectivity index (χ1n) is 6.97. The van der Waals surface area contributed by atoms with Crippen LogP contribution in [0.3, 0.4) is 0 Å². The van der Waals surface area contributed by atoms with Gasteiger partial charge in [0.2, 0.25) is 0 Å². The molecule has 1 N–H and O–H groups in total. The number of aromatic carboxylic acids is 1. The smallest absolute Gasteiger partial charge is 0.358 e. The fourth-order valence-corrected chi connectivity index (χ4v) is 2.68. The van der Waals surface area contributed by atoms with E-state index in [1.165, 1.54) is 38.3 Å². The Morgan fingerprint density at radius 3 is 2.84 bits per heavy atom.